The lowest BCUT2D eigenvalue weighted by Gasteiger charge is -2.62. The second-order valence-corrected chi connectivity index (χ2v) is 13.9. The molecule has 4 heteroatoms. The molecule has 0 aromatic rings. The smallest absolute Gasteiger partial charge is 0.302 e. The Morgan fingerprint density at radius 1 is 0.800 bits per heavy atom. The highest BCUT2D eigenvalue weighted by Crippen LogP contribution is 2.68. The Labute approximate surface area is 214 Å². The van der Waals surface area contributed by atoms with E-state index in [1.807, 2.05) is 0 Å². The van der Waals surface area contributed by atoms with Crippen molar-refractivity contribution in [1.82, 2.24) is 0 Å². The number of hydrogen-bond donors (Lipinski definition) is 0. The van der Waals surface area contributed by atoms with Crippen molar-refractivity contribution in [3.8, 4) is 0 Å². The predicted octanol–water partition coefficient (Wildman–Crippen LogP) is 7.58. The normalized spacial score (nSPS) is 43.6. The van der Waals surface area contributed by atoms with E-state index in [0.717, 1.165) is 49.4 Å². The highest BCUT2D eigenvalue weighted by Gasteiger charge is 2.63. The SMILES string of the molecule is CC(=O)O[C@H]1CC[C@]2(C)C3CC[C@@]4(C)C(CC[C@@H]4[C@H](C)CCCC(C)C)C3C[C@@H](OC(C)=O)[C@H]2C1. The lowest BCUT2D eigenvalue weighted by atomic mass is 9.43. The van der Waals surface area contributed by atoms with Crippen molar-refractivity contribution < 1.29 is 19.1 Å². The zero-order valence-electron chi connectivity index (χ0n) is 23.6. The lowest BCUT2D eigenvalue weighted by Crippen LogP contribution is -2.59. The Hall–Kier alpha value is -1.06. The van der Waals surface area contributed by atoms with Crippen LogP contribution in [0.2, 0.25) is 0 Å². The Bertz CT molecular complexity index is 776. The topological polar surface area (TPSA) is 52.6 Å². The van der Waals surface area contributed by atoms with Crippen LogP contribution in [0.15, 0.2) is 0 Å². The zero-order chi connectivity index (χ0) is 25.5. The summed E-state index contributed by atoms with van der Waals surface area (Å²) in [5, 5.41) is 0. The third-order valence-corrected chi connectivity index (χ3v) is 11.5. The van der Waals surface area contributed by atoms with Gasteiger partial charge in [-0.15, -0.1) is 0 Å². The summed E-state index contributed by atoms with van der Waals surface area (Å²) >= 11 is 0. The molecule has 0 aromatic heterocycles. The van der Waals surface area contributed by atoms with E-state index in [1.54, 1.807) is 6.92 Å². The van der Waals surface area contributed by atoms with Crippen LogP contribution in [0, 0.1) is 52.3 Å². The maximum absolute atomic E-state index is 12.2. The molecule has 4 aliphatic rings. The minimum absolute atomic E-state index is 0.0309. The van der Waals surface area contributed by atoms with Crippen LogP contribution in [0.1, 0.15) is 119 Å². The molecule has 0 bridgehead atoms. The second-order valence-electron chi connectivity index (χ2n) is 13.9. The zero-order valence-corrected chi connectivity index (χ0v) is 23.6. The third kappa shape index (κ3) is 5.19. The summed E-state index contributed by atoms with van der Waals surface area (Å²) in [4.78, 5) is 23.9. The van der Waals surface area contributed by atoms with Crippen molar-refractivity contribution in [2.75, 3.05) is 0 Å². The van der Waals surface area contributed by atoms with E-state index in [-0.39, 0.29) is 29.6 Å². The highest BCUT2D eigenvalue weighted by atomic mass is 16.5. The molecule has 4 nitrogen and oxygen atoms in total. The van der Waals surface area contributed by atoms with Crippen LogP contribution in [-0.2, 0) is 19.1 Å². The second kappa shape index (κ2) is 10.4. The predicted molar refractivity (Wildman–Crippen MR) is 140 cm³/mol. The van der Waals surface area contributed by atoms with E-state index in [2.05, 4.69) is 34.6 Å². The Balaban J connectivity index is 1.54. The van der Waals surface area contributed by atoms with Gasteiger partial charge < -0.3 is 9.47 Å². The first-order valence-corrected chi connectivity index (χ1v) is 14.8. The first-order chi connectivity index (χ1) is 16.5. The summed E-state index contributed by atoms with van der Waals surface area (Å²) < 4.78 is 11.7. The van der Waals surface area contributed by atoms with Gasteiger partial charge in [-0.1, -0.05) is 53.9 Å². The molecule has 4 aliphatic carbocycles. The summed E-state index contributed by atoms with van der Waals surface area (Å²) in [6.07, 6.45) is 13.3. The van der Waals surface area contributed by atoms with E-state index < -0.39 is 0 Å². The van der Waals surface area contributed by atoms with Gasteiger partial charge in [0.15, 0.2) is 0 Å². The van der Waals surface area contributed by atoms with Crippen LogP contribution >= 0.6 is 0 Å². The molecular weight excluding hydrogens is 436 g/mol. The van der Waals surface area contributed by atoms with E-state index in [0.29, 0.717) is 23.2 Å². The fourth-order valence-electron chi connectivity index (χ4n) is 9.94. The Morgan fingerprint density at radius 2 is 1.46 bits per heavy atom. The maximum Gasteiger partial charge on any atom is 0.302 e. The molecule has 0 N–H and O–H groups in total. The van der Waals surface area contributed by atoms with Crippen molar-refractivity contribution in [3.05, 3.63) is 0 Å². The first-order valence-electron chi connectivity index (χ1n) is 14.8. The molecule has 200 valence electrons. The van der Waals surface area contributed by atoms with Crippen LogP contribution < -0.4 is 0 Å². The molecule has 4 fully saturated rings. The molecule has 4 rings (SSSR count). The monoisotopic (exact) mass is 488 g/mol. The van der Waals surface area contributed by atoms with Gasteiger partial charge in [0.25, 0.3) is 0 Å². The van der Waals surface area contributed by atoms with Gasteiger partial charge in [-0.25, -0.2) is 0 Å². The summed E-state index contributed by atoms with van der Waals surface area (Å²) in [5.74, 6) is 4.48. The largest absolute Gasteiger partial charge is 0.463 e. The molecule has 10 atom stereocenters. The van der Waals surface area contributed by atoms with Gasteiger partial charge in [0.2, 0.25) is 0 Å². The first kappa shape index (κ1) is 27.0. The van der Waals surface area contributed by atoms with Gasteiger partial charge in [-0.3, -0.25) is 9.59 Å². The Morgan fingerprint density at radius 3 is 2.11 bits per heavy atom. The Kier molecular flexibility index (Phi) is 7.99. The lowest BCUT2D eigenvalue weighted by molar-refractivity contribution is -0.197. The molecule has 0 aromatic carbocycles. The molecule has 35 heavy (non-hydrogen) atoms. The average molecular weight is 489 g/mol. The number of esters is 2. The molecular formula is C31H52O4. The van der Waals surface area contributed by atoms with Crippen LogP contribution in [0.25, 0.3) is 0 Å². The number of rotatable bonds is 7. The fraction of sp³-hybridized carbons (Fsp3) is 0.935. The minimum atomic E-state index is -0.190. The molecule has 4 saturated carbocycles. The van der Waals surface area contributed by atoms with Crippen LogP contribution in [0.3, 0.4) is 0 Å². The van der Waals surface area contributed by atoms with Crippen molar-refractivity contribution in [2.24, 2.45) is 52.3 Å². The van der Waals surface area contributed by atoms with Crippen molar-refractivity contribution in [2.45, 2.75) is 131 Å². The molecule has 0 spiro atoms. The van der Waals surface area contributed by atoms with Crippen LogP contribution in [0.4, 0.5) is 0 Å². The van der Waals surface area contributed by atoms with Crippen molar-refractivity contribution in [1.29, 1.82) is 0 Å². The summed E-state index contributed by atoms with van der Waals surface area (Å²) in [6.45, 7) is 15.4. The third-order valence-electron chi connectivity index (χ3n) is 11.5. The van der Waals surface area contributed by atoms with Gasteiger partial charge in [0.1, 0.15) is 12.2 Å². The van der Waals surface area contributed by atoms with Gasteiger partial charge >= 0.3 is 11.9 Å². The molecule has 3 unspecified atom stereocenters. The number of carbonyl (C=O) groups excluding carboxylic acids is 2. The molecule has 0 amide bonds. The summed E-state index contributed by atoms with van der Waals surface area (Å²) in [7, 11) is 0. The quantitative estimate of drug-likeness (QED) is 0.347. The van der Waals surface area contributed by atoms with Gasteiger partial charge in [-0.2, -0.15) is 0 Å². The van der Waals surface area contributed by atoms with Gasteiger partial charge in [0, 0.05) is 19.8 Å². The maximum atomic E-state index is 12.2. The number of ether oxygens (including phenoxy) is 2. The molecule has 0 heterocycles. The molecule has 0 radical (unpaired) electrons. The summed E-state index contributed by atoms with van der Waals surface area (Å²) in [6, 6.07) is 0. The van der Waals surface area contributed by atoms with Gasteiger partial charge in [-0.05, 0) is 97.7 Å². The average Bonchev–Trinajstić information content (AvgIpc) is 3.11. The summed E-state index contributed by atoms with van der Waals surface area (Å²) in [5.41, 5.74) is 0.597. The van der Waals surface area contributed by atoms with Crippen molar-refractivity contribution >= 4 is 11.9 Å². The van der Waals surface area contributed by atoms with E-state index >= 15 is 0 Å². The van der Waals surface area contributed by atoms with Gasteiger partial charge in [0.05, 0.1) is 0 Å². The van der Waals surface area contributed by atoms with E-state index in [9.17, 15) is 9.59 Å². The standard InChI is InChI=1S/C31H52O4/c1-19(2)9-8-10-20(3)25-11-12-26-24-18-29(35-22(5)33)28-17-23(34-21(4)32)13-15-31(28,7)27(24)14-16-30(25,26)6/h19-20,23-29H,8-18H2,1-7H3/t20-,23+,24?,25-,26?,27?,28-,29-,30-,31-/m1/s1. The molecule has 0 saturated heterocycles. The highest BCUT2D eigenvalue weighted by molar-refractivity contribution is 5.66. The number of hydrogen-bond acceptors (Lipinski definition) is 4. The van der Waals surface area contributed by atoms with Crippen LogP contribution in [0.5, 0.6) is 0 Å². The fourth-order valence-corrected chi connectivity index (χ4v) is 9.94. The van der Waals surface area contributed by atoms with E-state index in [4.69, 9.17) is 9.47 Å². The number of fused-ring (bicyclic) bond motifs is 5. The van der Waals surface area contributed by atoms with Crippen molar-refractivity contribution in [3.63, 3.8) is 0 Å². The van der Waals surface area contributed by atoms with Crippen LogP contribution in [-0.4, -0.2) is 24.1 Å². The minimum Gasteiger partial charge on any atom is -0.463 e. The van der Waals surface area contributed by atoms with E-state index in [1.165, 1.54) is 51.9 Å². The number of carbonyl (C=O) groups is 2. The molecule has 0 aliphatic heterocycles.